The lowest BCUT2D eigenvalue weighted by Gasteiger charge is -2.09. The smallest absolute Gasteiger partial charge is 0.258 e. The molecule has 1 rings (SSSR count). The highest BCUT2D eigenvalue weighted by atomic mass is 35.5. The molecule has 1 aromatic rings. The number of nitrogens with zero attached hydrogens (tertiary/aromatic N) is 3. The van der Waals surface area contributed by atoms with Crippen LogP contribution in [0.25, 0.3) is 0 Å². The van der Waals surface area contributed by atoms with E-state index in [0.29, 0.717) is 5.82 Å². The van der Waals surface area contributed by atoms with Crippen LogP contribution in [0.5, 0.6) is 0 Å². The number of thioether (sulfide) groups is 1. The minimum atomic E-state index is -0.603. The van der Waals surface area contributed by atoms with Crippen molar-refractivity contribution in [3.05, 3.63) is 39.9 Å². The third-order valence-electron chi connectivity index (χ3n) is 1.91. The molecule has 1 atom stereocenters. The summed E-state index contributed by atoms with van der Waals surface area (Å²) in [4.78, 5) is 17.9. The summed E-state index contributed by atoms with van der Waals surface area (Å²) in [5, 5.41) is 10.3. The second-order valence-electron chi connectivity index (χ2n) is 3.19. The van der Waals surface area contributed by atoms with Crippen LogP contribution in [0.1, 0.15) is 24.4 Å². The molecule has 0 aliphatic carbocycles. The summed E-state index contributed by atoms with van der Waals surface area (Å²) in [5.41, 5.74) is -0.279. The Morgan fingerprint density at radius 2 is 2.47 bits per heavy atom. The molecule has 0 N–H and O–H groups in total. The SMILES string of the molecule is C=CC(SCCC)c1ncc([N+](=O)[O-])c(Cl)n1. The first kappa shape index (κ1) is 13.9. The van der Waals surface area contributed by atoms with E-state index in [0.717, 1.165) is 18.4 Å². The first-order valence-corrected chi connectivity index (χ1v) is 6.43. The Balaban J connectivity index is 2.94. The average molecular weight is 274 g/mol. The fourth-order valence-electron chi connectivity index (χ4n) is 1.12. The molecule has 0 radical (unpaired) electrons. The van der Waals surface area contributed by atoms with Gasteiger partial charge >= 0.3 is 5.69 Å². The van der Waals surface area contributed by atoms with Gasteiger partial charge in [-0.05, 0) is 12.2 Å². The standard InChI is InChI=1S/C10H12ClN3O2S/c1-3-5-17-8(4-2)10-12-6-7(14(15)16)9(11)13-10/h4,6,8H,2-3,5H2,1H3. The molecular formula is C10H12ClN3O2S. The summed E-state index contributed by atoms with van der Waals surface area (Å²) in [6.07, 6.45) is 3.86. The Hall–Kier alpha value is -1.14. The molecule has 1 aromatic heterocycles. The van der Waals surface area contributed by atoms with Crippen LogP contribution in [0.3, 0.4) is 0 Å². The Morgan fingerprint density at radius 3 is 2.94 bits per heavy atom. The number of hydrogen-bond donors (Lipinski definition) is 0. The molecule has 0 bridgehead atoms. The van der Waals surface area contributed by atoms with Gasteiger partial charge in [-0.2, -0.15) is 0 Å². The Labute approximate surface area is 108 Å². The van der Waals surface area contributed by atoms with Crippen LogP contribution >= 0.6 is 23.4 Å². The zero-order valence-electron chi connectivity index (χ0n) is 9.30. The van der Waals surface area contributed by atoms with Crippen molar-refractivity contribution >= 4 is 29.1 Å². The molecule has 7 heteroatoms. The number of nitro groups is 1. The van der Waals surface area contributed by atoms with Crippen molar-refractivity contribution in [1.29, 1.82) is 0 Å². The van der Waals surface area contributed by atoms with E-state index < -0.39 is 4.92 Å². The third kappa shape index (κ3) is 3.67. The highest BCUT2D eigenvalue weighted by molar-refractivity contribution is 7.99. The van der Waals surface area contributed by atoms with Crippen LogP contribution in [0.4, 0.5) is 5.69 Å². The summed E-state index contributed by atoms with van der Waals surface area (Å²) < 4.78 is 0. The molecule has 0 aliphatic heterocycles. The molecule has 0 aromatic carbocycles. The Kier molecular flexibility index (Phi) is 5.37. The second-order valence-corrected chi connectivity index (χ2v) is 4.80. The molecule has 0 aliphatic rings. The summed E-state index contributed by atoms with van der Waals surface area (Å²) >= 11 is 7.35. The number of aromatic nitrogens is 2. The van der Waals surface area contributed by atoms with E-state index in [1.165, 1.54) is 0 Å². The molecule has 0 saturated carbocycles. The molecule has 0 spiro atoms. The van der Waals surface area contributed by atoms with E-state index in [1.807, 2.05) is 0 Å². The van der Waals surface area contributed by atoms with E-state index in [4.69, 9.17) is 11.6 Å². The van der Waals surface area contributed by atoms with E-state index in [2.05, 4.69) is 23.5 Å². The first-order chi connectivity index (χ1) is 8.10. The van der Waals surface area contributed by atoms with Crippen LogP contribution < -0.4 is 0 Å². The van der Waals surface area contributed by atoms with E-state index in [-0.39, 0.29) is 16.1 Å². The Morgan fingerprint density at radius 1 is 1.76 bits per heavy atom. The van der Waals surface area contributed by atoms with Crippen molar-refractivity contribution in [2.75, 3.05) is 5.75 Å². The second kappa shape index (κ2) is 6.56. The molecule has 17 heavy (non-hydrogen) atoms. The van der Waals surface area contributed by atoms with Crippen LogP contribution in [0.2, 0.25) is 5.15 Å². The molecule has 0 amide bonds. The maximum absolute atomic E-state index is 10.6. The molecule has 92 valence electrons. The molecular weight excluding hydrogens is 262 g/mol. The zero-order valence-corrected chi connectivity index (χ0v) is 10.9. The first-order valence-electron chi connectivity index (χ1n) is 5.01. The molecule has 0 fully saturated rings. The minimum Gasteiger partial charge on any atom is -0.258 e. The van der Waals surface area contributed by atoms with Gasteiger partial charge in [0.15, 0.2) is 0 Å². The maximum Gasteiger partial charge on any atom is 0.324 e. The fourth-order valence-corrected chi connectivity index (χ4v) is 2.21. The highest BCUT2D eigenvalue weighted by Crippen LogP contribution is 2.30. The number of rotatable bonds is 6. The van der Waals surface area contributed by atoms with Crippen LogP contribution in [0, 0.1) is 10.1 Å². The van der Waals surface area contributed by atoms with Crippen LogP contribution in [0.15, 0.2) is 18.9 Å². The Bertz CT molecular complexity index is 428. The van der Waals surface area contributed by atoms with E-state index in [9.17, 15) is 10.1 Å². The average Bonchev–Trinajstić information content (AvgIpc) is 2.29. The van der Waals surface area contributed by atoms with Gasteiger partial charge in [0, 0.05) is 0 Å². The van der Waals surface area contributed by atoms with E-state index in [1.54, 1.807) is 17.8 Å². The van der Waals surface area contributed by atoms with Gasteiger partial charge in [0.2, 0.25) is 5.15 Å². The predicted octanol–water partition coefficient (Wildman–Crippen LogP) is 3.41. The van der Waals surface area contributed by atoms with E-state index >= 15 is 0 Å². The lowest BCUT2D eigenvalue weighted by atomic mass is 10.4. The number of hydrogen-bond acceptors (Lipinski definition) is 5. The number of halogens is 1. The van der Waals surface area contributed by atoms with Gasteiger partial charge < -0.3 is 0 Å². The lowest BCUT2D eigenvalue weighted by Crippen LogP contribution is -2.02. The van der Waals surface area contributed by atoms with Gasteiger partial charge in [0.1, 0.15) is 12.0 Å². The van der Waals surface area contributed by atoms with Crippen molar-refractivity contribution in [3.8, 4) is 0 Å². The predicted molar refractivity (Wildman–Crippen MR) is 69.4 cm³/mol. The van der Waals surface area contributed by atoms with Crippen molar-refractivity contribution in [1.82, 2.24) is 9.97 Å². The molecule has 5 nitrogen and oxygen atoms in total. The van der Waals surface area contributed by atoms with Gasteiger partial charge in [-0.3, -0.25) is 10.1 Å². The van der Waals surface area contributed by atoms with Gasteiger partial charge in [-0.1, -0.05) is 24.6 Å². The third-order valence-corrected chi connectivity index (χ3v) is 3.59. The highest BCUT2D eigenvalue weighted by Gasteiger charge is 2.18. The molecule has 0 saturated heterocycles. The van der Waals surface area contributed by atoms with Gasteiger partial charge in [0.25, 0.3) is 0 Å². The largest absolute Gasteiger partial charge is 0.324 e. The fraction of sp³-hybridized carbons (Fsp3) is 0.400. The van der Waals surface area contributed by atoms with Crippen molar-refractivity contribution in [3.63, 3.8) is 0 Å². The van der Waals surface area contributed by atoms with Crippen LogP contribution in [-0.4, -0.2) is 20.6 Å². The quantitative estimate of drug-likeness (QED) is 0.344. The monoisotopic (exact) mass is 273 g/mol. The maximum atomic E-state index is 10.6. The normalized spacial score (nSPS) is 12.1. The molecule has 1 unspecified atom stereocenters. The minimum absolute atomic E-state index is 0.0896. The summed E-state index contributed by atoms with van der Waals surface area (Å²) in [6.45, 7) is 5.77. The van der Waals surface area contributed by atoms with Gasteiger partial charge in [-0.25, -0.2) is 9.97 Å². The van der Waals surface area contributed by atoms with Crippen LogP contribution in [-0.2, 0) is 0 Å². The summed E-state index contributed by atoms with van der Waals surface area (Å²) in [6, 6.07) is 0. The topological polar surface area (TPSA) is 68.9 Å². The van der Waals surface area contributed by atoms with Crippen molar-refractivity contribution in [2.24, 2.45) is 0 Å². The lowest BCUT2D eigenvalue weighted by molar-refractivity contribution is -0.385. The van der Waals surface area contributed by atoms with Gasteiger partial charge in [0.05, 0.1) is 10.2 Å². The zero-order chi connectivity index (χ0) is 12.8. The van der Waals surface area contributed by atoms with Gasteiger partial charge in [-0.15, -0.1) is 18.3 Å². The molecule has 1 heterocycles. The van der Waals surface area contributed by atoms with Crippen molar-refractivity contribution in [2.45, 2.75) is 18.6 Å². The summed E-state index contributed by atoms with van der Waals surface area (Å²) in [5.74, 6) is 1.39. The summed E-state index contributed by atoms with van der Waals surface area (Å²) in [7, 11) is 0. The van der Waals surface area contributed by atoms with Crippen molar-refractivity contribution < 1.29 is 4.92 Å².